The SMILES string of the molecule is C[C@H](O)[C@@H]1O[C@H](Oc2c(-c3ccc(O)cc3)oc3cc(O[C@H]4O[C@H](C)[C@@H](O)[C@H](O)[C@@H]4O)cc(O)c3c2=O)[C@@H](O)[C@H]1O. The minimum atomic E-state index is -1.65. The average Bonchev–Trinajstić information content (AvgIpc) is 3.21. The summed E-state index contributed by atoms with van der Waals surface area (Å²) in [6, 6.07) is 7.71. The number of phenolic OH excluding ortho intramolecular Hbond substituents is 2. The van der Waals surface area contributed by atoms with E-state index in [-0.39, 0.29) is 33.8 Å². The van der Waals surface area contributed by atoms with E-state index in [4.69, 9.17) is 23.4 Å². The van der Waals surface area contributed by atoms with Crippen LogP contribution in [0.5, 0.6) is 23.0 Å². The van der Waals surface area contributed by atoms with Gasteiger partial charge in [-0.05, 0) is 38.1 Å². The Labute approximate surface area is 231 Å². The van der Waals surface area contributed by atoms with Crippen LogP contribution >= 0.6 is 0 Å². The fourth-order valence-corrected chi connectivity index (χ4v) is 4.76. The summed E-state index contributed by atoms with van der Waals surface area (Å²) >= 11 is 0. The van der Waals surface area contributed by atoms with Gasteiger partial charge < -0.3 is 64.2 Å². The zero-order valence-electron chi connectivity index (χ0n) is 21.8. The number of phenols is 2. The smallest absolute Gasteiger partial charge is 0.239 e. The molecule has 14 heteroatoms. The molecule has 2 fully saturated rings. The molecule has 222 valence electrons. The van der Waals surface area contributed by atoms with Gasteiger partial charge in [-0.3, -0.25) is 4.79 Å². The zero-order chi connectivity index (χ0) is 29.7. The van der Waals surface area contributed by atoms with Crippen LogP contribution in [-0.2, 0) is 9.47 Å². The highest BCUT2D eigenvalue weighted by Gasteiger charge is 2.47. The Hall–Kier alpha value is -3.47. The monoisotopic (exact) mass is 578 g/mol. The summed E-state index contributed by atoms with van der Waals surface area (Å²) in [5.41, 5.74) is -0.862. The minimum absolute atomic E-state index is 0.0855. The van der Waals surface area contributed by atoms with Gasteiger partial charge in [0.1, 0.15) is 64.8 Å². The van der Waals surface area contributed by atoms with E-state index >= 15 is 0 Å². The van der Waals surface area contributed by atoms with Gasteiger partial charge in [0.2, 0.25) is 23.8 Å². The Bertz CT molecular complexity index is 1450. The predicted octanol–water partition coefficient (Wildman–Crippen LogP) is -0.716. The zero-order valence-corrected chi connectivity index (χ0v) is 21.8. The van der Waals surface area contributed by atoms with Crippen LogP contribution in [0.15, 0.2) is 45.6 Å². The van der Waals surface area contributed by atoms with E-state index in [2.05, 4.69) is 0 Å². The van der Waals surface area contributed by atoms with Crippen LogP contribution < -0.4 is 14.9 Å². The molecule has 3 heterocycles. The number of benzene rings is 2. The Balaban J connectivity index is 1.58. The first kappa shape index (κ1) is 29.0. The minimum Gasteiger partial charge on any atom is -0.508 e. The lowest BCUT2D eigenvalue weighted by atomic mass is 10.00. The summed E-state index contributed by atoms with van der Waals surface area (Å²) in [6.07, 6.45) is -14.1. The van der Waals surface area contributed by atoms with Gasteiger partial charge in [-0.15, -0.1) is 0 Å². The first-order valence-corrected chi connectivity index (χ1v) is 12.7. The van der Waals surface area contributed by atoms with Gasteiger partial charge >= 0.3 is 0 Å². The summed E-state index contributed by atoms with van der Waals surface area (Å²) in [6.45, 7) is 2.81. The molecule has 10 atom stereocenters. The second-order valence-electron chi connectivity index (χ2n) is 10.1. The lowest BCUT2D eigenvalue weighted by molar-refractivity contribution is -0.268. The van der Waals surface area contributed by atoms with E-state index < -0.39 is 78.3 Å². The maximum Gasteiger partial charge on any atom is 0.239 e. The van der Waals surface area contributed by atoms with Gasteiger partial charge in [0.05, 0.1) is 12.2 Å². The number of fused-ring (bicyclic) bond motifs is 1. The number of hydrogen-bond donors (Lipinski definition) is 8. The van der Waals surface area contributed by atoms with Crippen molar-refractivity contribution < 1.29 is 64.2 Å². The van der Waals surface area contributed by atoms with Crippen molar-refractivity contribution in [1.29, 1.82) is 0 Å². The van der Waals surface area contributed by atoms with Crippen molar-refractivity contribution in [3.8, 4) is 34.3 Å². The Morgan fingerprint density at radius 1 is 0.829 bits per heavy atom. The summed E-state index contributed by atoms with van der Waals surface area (Å²) in [7, 11) is 0. The number of rotatable bonds is 6. The van der Waals surface area contributed by atoms with Crippen molar-refractivity contribution in [2.45, 2.75) is 75.3 Å². The van der Waals surface area contributed by atoms with Crippen molar-refractivity contribution in [1.82, 2.24) is 0 Å². The van der Waals surface area contributed by atoms with Crippen LogP contribution in [0.25, 0.3) is 22.3 Å². The van der Waals surface area contributed by atoms with Crippen molar-refractivity contribution in [2.24, 2.45) is 0 Å². The highest BCUT2D eigenvalue weighted by atomic mass is 16.7. The standard InChI is InChI=1S/C27H30O14/c1-9(28)23-20(34)22(36)27(40-23)41-25-18(32)16-14(30)7-13(38-26-21(35)19(33)17(31)10(2)37-26)8-15(16)39-24(25)11-3-5-12(29)6-4-11/h3-10,17,19-23,26-31,33-36H,1-2H3/t9-,10+,17+,19-,20+,21-,22-,23-,26+,27+/m0/s1. The lowest BCUT2D eigenvalue weighted by Crippen LogP contribution is -2.58. The van der Waals surface area contributed by atoms with E-state index in [0.29, 0.717) is 0 Å². The molecule has 2 saturated heterocycles. The van der Waals surface area contributed by atoms with E-state index in [0.717, 1.165) is 6.07 Å². The number of aromatic hydroxyl groups is 2. The topological polar surface area (TPSA) is 229 Å². The molecule has 0 radical (unpaired) electrons. The van der Waals surface area contributed by atoms with Gasteiger partial charge in [-0.1, -0.05) is 0 Å². The second kappa shape index (κ2) is 11.1. The van der Waals surface area contributed by atoms with Crippen LogP contribution in [0.3, 0.4) is 0 Å². The summed E-state index contributed by atoms with van der Waals surface area (Å²) in [5, 5.41) is 81.0. The first-order valence-electron chi connectivity index (χ1n) is 12.7. The maximum atomic E-state index is 13.7. The molecule has 0 spiro atoms. The third-order valence-corrected chi connectivity index (χ3v) is 7.06. The molecular formula is C27H30O14. The van der Waals surface area contributed by atoms with Crippen molar-refractivity contribution >= 4 is 11.0 Å². The normalized spacial score (nSPS) is 32.6. The Morgan fingerprint density at radius 3 is 2.10 bits per heavy atom. The molecule has 3 aromatic rings. The highest BCUT2D eigenvalue weighted by Crippen LogP contribution is 2.38. The lowest BCUT2D eigenvalue weighted by Gasteiger charge is -2.38. The average molecular weight is 579 g/mol. The van der Waals surface area contributed by atoms with Crippen molar-refractivity contribution in [3.05, 3.63) is 46.6 Å². The molecule has 2 aliphatic heterocycles. The molecule has 0 unspecified atom stereocenters. The molecule has 5 rings (SSSR count). The second-order valence-corrected chi connectivity index (χ2v) is 10.1. The van der Waals surface area contributed by atoms with Crippen LogP contribution in [0, 0.1) is 0 Å². The molecule has 14 nitrogen and oxygen atoms in total. The summed E-state index contributed by atoms with van der Waals surface area (Å²) in [5.74, 6) is -1.54. The third-order valence-electron chi connectivity index (χ3n) is 7.06. The third kappa shape index (κ3) is 5.31. The molecule has 0 amide bonds. The molecule has 2 aliphatic rings. The van der Waals surface area contributed by atoms with Crippen LogP contribution in [0.2, 0.25) is 0 Å². The molecular weight excluding hydrogens is 548 g/mol. The molecule has 0 saturated carbocycles. The number of ether oxygens (including phenoxy) is 4. The summed E-state index contributed by atoms with van der Waals surface area (Å²) < 4.78 is 28.1. The molecule has 8 N–H and O–H groups in total. The van der Waals surface area contributed by atoms with Gasteiger partial charge in [-0.2, -0.15) is 0 Å². The van der Waals surface area contributed by atoms with Gasteiger partial charge in [0.15, 0.2) is 5.76 Å². The Morgan fingerprint density at radius 2 is 1.46 bits per heavy atom. The van der Waals surface area contributed by atoms with Crippen LogP contribution in [-0.4, -0.2) is 102 Å². The molecule has 1 aromatic heterocycles. The fourth-order valence-electron chi connectivity index (χ4n) is 4.76. The fraction of sp³-hybridized carbons (Fsp3) is 0.444. The molecule has 0 bridgehead atoms. The van der Waals surface area contributed by atoms with E-state index in [1.807, 2.05) is 0 Å². The highest BCUT2D eigenvalue weighted by molar-refractivity contribution is 5.88. The van der Waals surface area contributed by atoms with E-state index in [1.165, 1.54) is 44.2 Å². The maximum absolute atomic E-state index is 13.7. The first-order chi connectivity index (χ1) is 19.4. The van der Waals surface area contributed by atoms with E-state index in [9.17, 15) is 45.6 Å². The van der Waals surface area contributed by atoms with Crippen LogP contribution in [0.1, 0.15) is 13.8 Å². The predicted molar refractivity (Wildman–Crippen MR) is 137 cm³/mol. The number of hydrogen-bond acceptors (Lipinski definition) is 14. The number of aliphatic hydroxyl groups excluding tert-OH is 6. The van der Waals surface area contributed by atoms with Gasteiger partial charge in [0, 0.05) is 17.7 Å². The van der Waals surface area contributed by atoms with E-state index in [1.54, 1.807) is 0 Å². The van der Waals surface area contributed by atoms with Crippen LogP contribution in [0.4, 0.5) is 0 Å². The number of aliphatic hydroxyl groups is 6. The van der Waals surface area contributed by atoms with Crippen molar-refractivity contribution in [3.63, 3.8) is 0 Å². The molecule has 0 aliphatic carbocycles. The van der Waals surface area contributed by atoms with Crippen molar-refractivity contribution in [2.75, 3.05) is 0 Å². The van der Waals surface area contributed by atoms with Gasteiger partial charge in [-0.25, -0.2) is 0 Å². The molecule has 2 aromatic carbocycles. The Kier molecular flexibility index (Phi) is 7.84. The summed E-state index contributed by atoms with van der Waals surface area (Å²) in [4.78, 5) is 13.7. The quantitative estimate of drug-likeness (QED) is 0.181. The molecule has 41 heavy (non-hydrogen) atoms. The largest absolute Gasteiger partial charge is 0.508 e. The van der Waals surface area contributed by atoms with Gasteiger partial charge in [0.25, 0.3) is 0 Å².